The Bertz CT molecular complexity index is 817. The molecule has 0 saturated carbocycles. The van der Waals surface area contributed by atoms with E-state index in [2.05, 4.69) is 15.1 Å². The van der Waals surface area contributed by atoms with Crippen molar-refractivity contribution < 1.29 is 0 Å². The number of hydrogen-bond acceptors (Lipinski definition) is 4. The van der Waals surface area contributed by atoms with Gasteiger partial charge in [0.15, 0.2) is 0 Å². The molecule has 0 aromatic carbocycles. The predicted octanol–water partition coefficient (Wildman–Crippen LogP) is 2.43. The predicted molar refractivity (Wildman–Crippen MR) is 76.7 cm³/mol. The Morgan fingerprint density at radius 1 is 1.47 bits per heavy atom. The summed E-state index contributed by atoms with van der Waals surface area (Å²) in [6.45, 7) is 1.92. The molecule has 0 aliphatic heterocycles. The zero-order valence-electron chi connectivity index (χ0n) is 10.4. The molecule has 3 rings (SSSR count). The van der Waals surface area contributed by atoms with Crippen LogP contribution in [0.1, 0.15) is 11.5 Å². The lowest BCUT2D eigenvalue weighted by Crippen LogP contribution is -2.10. The second-order valence-corrected chi connectivity index (χ2v) is 5.40. The second kappa shape index (κ2) is 4.47. The van der Waals surface area contributed by atoms with Crippen LogP contribution in [0.4, 0.5) is 0 Å². The number of nitrogens with one attached hydrogen (secondary N) is 1. The molecule has 0 aliphatic rings. The third-order valence-electron chi connectivity index (χ3n) is 2.92. The summed E-state index contributed by atoms with van der Waals surface area (Å²) in [4.78, 5) is 19.9. The van der Waals surface area contributed by atoms with Crippen molar-refractivity contribution in [3.63, 3.8) is 0 Å². The number of nitrogens with zero attached hydrogens (tertiary/aromatic N) is 3. The fourth-order valence-corrected chi connectivity index (χ4v) is 3.20. The zero-order valence-corrected chi connectivity index (χ0v) is 12.0. The van der Waals surface area contributed by atoms with E-state index in [1.807, 2.05) is 25.5 Å². The Balaban J connectivity index is 2.32. The first-order valence-corrected chi connectivity index (χ1v) is 7.08. The van der Waals surface area contributed by atoms with Crippen LogP contribution in [0, 0.1) is 6.92 Å². The normalized spacial score (nSPS) is 11.3. The lowest BCUT2D eigenvalue weighted by molar-refractivity contribution is 0.756. The van der Waals surface area contributed by atoms with Gasteiger partial charge in [-0.05, 0) is 6.92 Å². The first-order valence-electron chi connectivity index (χ1n) is 5.67. The summed E-state index contributed by atoms with van der Waals surface area (Å²) in [6.07, 6.45) is 1.91. The van der Waals surface area contributed by atoms with Crippen LogP contribution in [0.25, 0.3) is 21.3 Å². The Morgan fingerprint density at radius 3 is 2.89 bits per heavy atom. The van der Waals surface area contributed by atoms with Gasteiger partial charge < -0.3 is 4.98 Å². The van der Waals surface area contributed by atoms with Crippen molar-refractivity contribution in [1.82, 2.24) is 19.7 Å². The maximum Gasteiger partial charge on any atom is 0.260 e. The summed E-state index contributed by atoms with van der Waals surface area (Å²) in [7, 11) is 1.86. The number of aromatic nitrogens is 4. The Hall–Kier alpha value is -1.66. The Kier molecular flexibility index (Phi) is 2.91. The van der Waals surface area contributed by atoms with E-state index in [9.17, 15) is 4.79 Å². The molecule has 0 atom stereocenters. The van der Waals surface area contributed by atoms with Crippen LogP contribution in [-0.4, -0.2) is 19.7 Å². The number of rotatable bonds is 2. The summed E-state index contributed by atoms with van der Waals surface area (Å²) in [5, 5.41) is 6.85. The molecule has 0 spiro atoms. The van der Waals surface area contributed by atoms with E-state index in [4.69, 9.17) is 11.6 Å². The van der Waals surface area contributed by atoms with Crippen LogP contribution in [0.15, 0.2) is 16.4 Å². The molecule has 19 heavy (non-hydrogen) atoms. The van der Waals surface area contributed by atoms with Gasteiger partial charge in [-0.3, -0.25) is 9.48 Å². The Labute approximate surface area is 117 Å². The minimum atomic E-state index is -0.153. The molecule has 0 bridgehead atoms. The number of hydrogen-bond donors (Lipinski definition) is 1. The summed E-state index contributed by atoms with van der Waals surface area (Å²) in [5.41, 5.74) is 2.57. The van der Waals surface area contributed by atoms with Gasteiger partial charge in [0.1, 0.15) is 10.7 Å². The first-order chi connectivity index (χ1) is 9.10. The quantitative estimate of drug-likeness (QED) is 0.738. The number of H-pyrrole nitrogens is 1. The number of thiophene rings is 1. The molecule has 0 amide bonds. The van der Waals surface area contributed by atoms with Gasteiger partial charge in [-0.15, -0.1) is 22.9 Å². The van der Waals surface area contributed by atoms with E-state index in [0.717, 1.165) is 16.8 Å². The molecule has 0 fully saturated rings. The van der Waals surface area contributed by atoms with E-state index >= 15 is 0 Å². The van der Waals surface area contributed by atoms with Crippen LogP contribution in [0.5, 0.6) is 0 Å². The number of aromatic amines is 1. The highest BCUT2D eigenvalue weighted by atomic mass is 35.5. The average Bonchev–Trinajstić information content (AvgIpc) is 2.92. The number of alkyl halides is 1. The smallest absolute Gasteiger partial charge is 0.260 e. The summed E-state index contributed by atoms with van der Waals surface area (Å²) in [6, 6.07) is 0. The second-order valence-electron chi connectivity index (χ2n) is 4.28. The Morgan fingerprint density at radius 2 is 2.26 bits per heavy atom. The molecular weight excluding hydrogens is 284 g/mol. The minimum Gasteiger partial charge on any atom is -0.309 e. The lowest BCUT2D eigenvalue weighted by atomic mass is 10.1. The molecule has 3 aromatic rings. The summed E-state index contributed by atoms with van der Waals surface area (Å²) in [5.74, 6) is 0.695. The van der Waals surface area contributed by atoms with Crippen molar-refractivity contribution in [3.8, 4) is 11.1 Å². The van der Waals surface area contributed by atoms with E-state index in [-0.39, 0.29) is 11.4 Å². The van der Waals surface area contributed by atoms with Crippen LogP contribution >= 0.6 is 22.9 Å². The van der Waals surface area contributed by atoms with Crippen LogP contribution in [-0.2, 0) is 12.9 Å². The number of halogens is 1. The lowest BCUT2D eigenvalue weighted by Gasteiger charge is -1.98. The molecular formula is C12H11ClN4OS. The van der Waals surface area contributed by atoms with E-state index < -0.39 is 0 Å². The van der Waals surface area contributed by atoms with Crippen LogP contribution < -0.4 is 5.56 Å². The monoisotopic (exact) mass is 294 g/mol. The van der Waals surface area contributed by atoms with Crippen molar-refractivity contribution in [1.29, 1.82) is 0 Å². The minimum absolute atomic E-state index is 0.153. The van der Waals surface area contributed by atoms with Crippen molar-refractivity contribution >= 4 is 33.2 Å². The fraction of sp³-hybridized carbons (Fsp3) is 0.250. The molecule has 0 radical (unpaired) electrons. The summed E-state index contributed by atoms with van der Waals surface area (Å²) < 4.78 is 1.74. The average molecular weight is 295 g/mol. The third kappa shape index (κ3) is 1.97. The van der Waals surface area contributed by atoms with Gasteiger partial charge in [0, 0.05) is 29.8 Å². The molecule has 0 saturated heterocycles. The van der Waals surface area contributed by atoms with Gasteiger partial charge in [0.05, 0.1) is 17.0 Å². The van der Waals surface area contributed by atoms with Gasteiger partial charge in [0.25, 0.3) is 5.56 Å². The van der Waals surface area contributed by atoms with Crippen molar-refractivity contribution in [2.24, 2.45) is 7.05 Å². The molecule has 3 heterocycles. The van der Waals surface area contributed by atoms with Crippen molar-refractivity contribution in [2.75, 3.05) is 0 Å². The third-order valence-corrected chi connectivity index (χ3v) is 4.05. The SMILES string of the molecule is Cc1nn(C)cc1-c1csc2nc(CCl)[nH]c(=O)c12. The number of aryl methyl sites for hydroxylation is 2. The van der Waals surface area contributed by atoms with Crippen LogP contribution in [0.2, 0.25) is 0 Å². The van der Waals surface area contributed by atoms with Crippen LogP contribution in [0.3, 0.4) is 0 Å². The van der Waals surface area contributed by atoms with Crippen molar-refractivity contribution in [3.05, 3.63) is 33.4 Å². The van der Waals surface area contributed by atoms with E-state index in [0.29, 0.717) is 16.0 Å². The molecule has 5 nitrogen and oxygen atoms in total. The maximum atomic E-state index is 12.2. The standard InChI is InChI=1S/C12H11ClN4OS/c1-6-7(4-17(2)16-6)8-5-19-12-10(8)11(18)14-9(3-13)15-12/h4-5H,3H2,1-2H3,(H,14,15,18). The highest BCUT2D eigenvalue weighted by Crippen LogP contribution is 2.32. The van der Waals surface area contributed by atoms with Crippen molar-refractivity contribution in [2.45, 2.75) is 12.8 Å². The molecule has 7 heteroatoms. The molecule has 1 N–H and O–H groups in total. The molecule has 0 aliphatic carbocycles. The maximum absolute atomic E-state index is 12.2. The largest absolute Gasteiger partial charge is 0.309 e. The number of fused-ring (bicyclic) bond motifs is 1. The van der Waals surface area contributed by atoms with Gasteiger partial charge in [-0.25, -0.2) is 4.98 Å². The topological polar surface area (TPSA) is 63.6 Å². The van der Waals surface area contributed by atoms with Gasteiger partial charge in [0.2, 0.25) is 0 Å². The highest BCUT2D eigenvalue weighted by molar-refractivity contribution is 7.17. The van der Waals surface area contributed by atoms with Gasteiger partial charge >= 0.3 is 0 Å². The highest BCUT2D eigenvalue weighted by Gasteiger charge is 2.15. The van der Waals surface area contributed by atoms with Gasteiger partial charge in [-0.2, -0.15) is 5.10 Å². The fourth-order valence-electron chi connectivity index (χ4n) is 2.12. The molecule has 0 unspecified atom stereocenters. The van der Waals surface area contributed by atoms with Gasteiger partial charge in [-0.1, -0.05) is 0 Å². The van der Waals surface area contributed by atoms with E-state index in [1.54, 1.807) is 4.68 Å². The molecule has 98 valence electrons. The summed E-state index contributed by atoms with van der Waals surface area (Å²) >= 11 is 7.15. The van der Waals surface area contributed by atoms with E-state index in [1.165, 1.54) is 11.3 Å². The molecule has 3 aromatic heterocycles. The first kappa shape index (κ1) is 12.4. The zero-order chi connectivity index (χ0) is 13.6.